The fourth-order valence-electron chi connectivity index (χ4n) is 1.57. The lowest BCUT2D eigenvalue weighted by Crippen LogP contribution is -2.29. The summed E-state index contributed by atoms with van der Waals surface area (Å²) in [6, 6.07) is 6.74. The predicted molar refractivity (Wildman–Crippen MR) is 70.9 cm³/mol. The van der Waals surface area contributed by atoms with E-state index in [2.05, 4.69) is 15.6 Å². The Balaban J connectivity index is 1.80. The first-order valence-corrected chi connectivity index (χ1v) is 5.99. The summed E-state index contributed by atoms with van der Waals surface area (Å²) in [7, 11) is 0. The zero-order valence-electron chi connectivity index (χ0n) is 10.6. The molecule has 1 aromatic carbocycles. The zero-order chi connectivity index (χ0) is 14.4. The summed E-state index contributed by atoms with van der Waals surface area (Å²) in [6.45, 7) is 0.253. The van der Waals surface area contributed by atoms with Crippen molar-refractivity contribution >= 4 is 11.6 Å². The van der Waals surface area contributed by atoms with Crippen molar-refractivity contribution in [2.24, 2.45) is 0 Å². The van der Waals surface area contributed by atoms with E-state index in [1.165, 1.54) is 6.07 Å². The molecule has 6 heteroatoms. The molecule has 0 radical (unpaired) electrons. The molecule has 1 amide bonds. The summed E-state index contributed by atoms with van der Waals surface area (Å²) in [5.41, 5.74) is 0.955. The Labute approximate surface area is 114 Å². The topological polar surface area (TPSA) is 54.0 Å². The highest BCUT2D eigenvalue weighted by Gasteiger charge is 2.06. The quantitative estimate of drug-likeness (QED) is 0.880. The van der Waals surface area contributed by atoms with Crippen LogP contribution in [0.3, 0.4) is 0 Å². The number of hydrogen-bond acceptors (Lipinski definition) is 3. The molecule has 2 rings (SSSR count). The van der Waals surface area contributed by atoms with Gasteiger partial charge in [0.05, 0.1) is 12.2 Å². The number of halogens is 2. The van der Waals surface area contributed by atoms with E-state index < -0.39 is 11.6 Å². The van der Waals surface area contributed by atoms with Crippen LogP contribution in [0.2, 0.25) is 0 Å². The molecule has 2 N–H and O–H groups in total. The van der Waals surface area contributed by atoms with E-state index in [0.29, 0.717) is 6.54 Å². The first-order chi connectivity index (χ1) is 9.65. The lowest BCUT2D eigenvalue weighted by atomic mass is 10.3. The summed E-state index contributed by atoms with van der Waals surface area (Å²) in [4.78, 5) is 15.5. The van der Waals surface area contributed by atoms with Crippen LogP contribution in [-0.4, -0.2) is 17.4 Å². The second kappa shape index (κ2) is 6.60. The van der Waals surface area contributed by atoms with E-state index in [-0.39, 0.29) is 18.1 Å². The van der Waals surface area contributed by atoms with Crippen LogP contribution in [-0.2, 0) is 11.3 Å². The maximum Gasteiger partial charge on any atom is 0.239 e. The Kier molecular flexibility index (Phi) is 4.60. The number of amides is 1. The van der Waals surface area contributed by atoms with Crippen molar-refractivity contribution in [3.8, 4) is 0 Å². The summed E-state index contributed by atoms with van der Waals surface area (Å²) >= 11 is 0. The van der Waals surface area contributed by atoms with E-state index in [1.54, 1.807) is 18.5 Å². The molecule has 0 aliphatic heterocycles. The van der Waals surface area contributed by atoms with Gasteiger partial charge in [-0.1, -0.05) is 6.07 Å². The standard InChI is InChI=1S/C14H13F2N3O/c15-11-3-4-13(12(16)6-11)18-9-14(20)19-8-10-2-1-5-17-7-10/h1-7,18H,8-9H2,(H,19,20). The second-order valence-corrected chi connectivity index (χ2v) is 4.12. The third-order valence-electron chi connectivity index (χ3n) is 2.58. The number of carbonyl (C=O) groups is 1. The third-order valence-corrected chi connectivity index (χ3v) is 2.58. The van der Waals surface area contributed by atoms with Gasteiger partial charge in [-0.05, 0) is 23.8 Å². The molecule has 0 aliphatic carbocycles. The number of pyridine rings is 1. The number of anilines is 1. The highest BCUT2D eigenvalue weighted by molar-refractivity contribution is 5.80. The van der Waals surface area contributed by atoms with Crippen LogP contribution in [0.1, 0.15) is 5.56 Å². The predicted octanol–water partition coefficient (Wildman–Crippen LogP) is 2.09. The van der Waals surface area contributed by atoms with Crippen LogP contribution >= 0.6 is 0 Å². The minimum atomic E-state index is -0.731. The van der Waals surface area contributed by atoms with Gasteiger partial charge in [0.1, 0.15) is 11.6 Å². The summed E-state index contributed by atoms with van der Waals surface area (Å²) in [5, 5.41) is 5.27. The third kappa shape index (κ3) is 4.01. The smallest absolute Gasteiger partial charge is 0.239 e. The van der Waals surface area contributed by atoms with Crippen LogP contribution in [0.5, 0.6) is 0 Å². The molecule has 1 aromatic heterocycles. The van der Waals surface area contributed by atoms with E-state index in [0.717, 1.165) is 17.7 Å². The number of aromatic nitrogens is 1. The van der Waals surface area contributed by atoms with Gasteiger partial charge in [0.25, 0.3) is 0 Å². The molecule has 20 heavy (non-hydrogen) atoms. The molecule has 0 saturated heterocycles. The lowest BCUT2D eigenvalue weighted by molar-refractivity contribution is -0.119. The van der Waals surface area contributed by atoms with Gasteiger partial charge in [-0.2, -0.15) is 0 Å². The molecule has 0 bridgehead atoms. The van der Waals surface area contributed by atoms with Crippen molar-refractivity contribution in [2.75, 3.05) is 11.9 Å². The van der Waals surface area contributed by atoms with Crippen molar-refractivity contribution in [1.29, 1.82) is 0 Å². The Morgan fingerprint density at radius 2 is 2.10 bits per heavy atom. The fourth-order valence-corrected chi connectivity index (χ4v) is 1.57. The van der Waals surface area contributed by atoms with Gasteiger partial charge >= 0.3 is 0 Å². The van der Waals surface area contributed by atoms with E-state index in [9.17, 15) is 13.6 Å². The Morgan fingerprint density at radius 3 is 2.80 bits per heavy atom. The number of hydrogen-bond donors (Lipinski definition) is 2. The second-order valence-electron chi connectivity index (χ2n) is 4.12. The van der Waals surface area contributed by atoms with Crippen molar-refractivity contribution in [3.63, 3.8) is 0 Å². The molecule has 0 aliphatic rings. The Bertz CT molecular complexity index is 590. The molecule has 4 nitrogen and oxygen atoms in total. The minimum Gasteiger partial charge on any atom is -0.374 e. The highest BCUT2D eigenvalue weighted by Crippen LogP contribution is 2.14. The largest absolute Gasteiger partial charge is 0.374 e. The molecular weight excluding hydrogens is 264 g/mol. The van der Waals surface area contributed by atoms with Gasteiger partial charge in [-0.25, -0.2) is 8.78 Å². The SMILES string of the molecule is O=C(CNc1ccc(F)cc1F)NCc1cccnc1. The fraction of sp³-hybridized carbons (Fsp3) is 0.143. The monoisotopic (exact) mass is 277 g/mol. The van der Waals surface area contributed by atoms with Crippen molar-refractivity contribution < 1.29 is 13.6 Å². The Morgan fingerprint density at radius 1 is 1.25 bits per heavy atom. The molecule has 0 unspecified atom stereocenters. The average molecular weight is 277 g/mol. The Hall–Kier alpha value is -2.50. The van der Waals surface area contributed by atoms with Crippen LogP contribution in [0.15, 0.2) is 42.7 Å². The zero-order valence-corrected chi connectivity index (χ0v) is 10.6. The van der Waals surface area contributed by atoms with Crippen molar-refractivity contribution in [3.05, 3.63) is 59.9 Å². The molecule has 0 atom stereocenters. The van der Waals surface area contributed by atoms with Crippen molar-refractivity contribution in [1.82, 2.24) is 10.3 Å². The van der Waals surface area contributed by atoms with Gasteiger partial charge in [0.2, 0.25) is 5.91 Å². The maximum absolute atomic E-state index is 13.3. The van der Waals surface area contributed by atoms with E-state index in [1.807, 2.05) is 6.07 Å². The van der Waals surface area contributed by atoms with Gasteiger partial charge in [0, 0.05) is 25.0 Å². The van der Waals surface area contributed by atoms with E-state index >= 15 is 0 Å². The van der Waals surface area contributed by atoms with Gasteiger partial charge < -0.3 is 10.6 Å². The minimum absolute atomic E-state index is 0.0860. The van der Waals surface area contributed by atoms with Gasteiger partial charge in [-0.3, -0.25) is 9.78 Å². The van der Waals surface area contributed by atoms with Crippen LogP contribution in [0.4, 0.5) is 14.5 Å². The van der Waals surface area contributed by atoms with Crippen LogP contribution in [0.25, 0.3) is 0 Å². The van der Waals surface area contributed by atoms with Crippen molar-refractivity contribution in [2.45, 2.75) is 6.54 Å². The van der Waals surface area contributed by atoms with Gasteiger partial charge in [0.15, 0.2) is 0 Å². The van der Waals surface area contributed by atoms with E-state index in [4.69, 9.17) is 0 Å². The summed E-state index contributed by atoms with van der Waals surface area (Å²) in [5.74, 6) is -1.68. The molecule has 2 aromatic rings. The van der Waals surface area contributed by atoms with Crippen LogP contribution in [0, 0.1) is 11.6 Å². The number of rotatable bonds is 5. The number of benzene rings is 1. The summed E-state index contributed by atoms with van der Waals surface area (Å²) in [6.07, 6.45) is 3.29. The molecule has 0 fully saturated rings. The average Bonchev–Trinajstić information content (AvgIpc) is 2.45. The van der Waals surface area contributed by atoms with Gasteiger partial charge in [-0.15, -0.1) is 0 Å². The molecule has 0 spiro atoms. The first kappa shape index (κ1) is 13.9. The maximum atomic E-state index is 13.3. The molecular formula is C14H13F2N3O. The molecule has 0 saturated carbocycles. The number of nitrogens with zero attached hydrogens (tertiary/aromatic N) is 1. The molecule has 104 valence electrons. The highest BCUT2D eigenvalue weighted by atomic mass is 19.1. The number of nitrogens with one attached hydrogen (secondary N) is 2. The van der Waals surface area contributed by atoms with Crippen LogP contribution < -0.4 is 10.6 Å². The first-order valence-electron chi connectivity index (χ1n) is 5.99. The summed E-state index contributed by atoms with van der Waals surface area (Å²) < 4.78 is 26.0. The normalized spacial score (nSPS) is 10.1. The number of carbonyl (C=O) groups excluding carboxylic acids is 1. The lowest BCUT2D eigenvalue weighted by Gasteiger charge is -2.08. The molecule has 1 heterocycles.